The maximum Gasteiger partial charge on any atom is 0.254 e. The molecule has 1 N–H and O–H groups in total. The van der Waals surface area contributed by atoms with Gasteiger partial charge in [-0.25, -0.2) is 0 Å². The summed E-state index contributed by atoms with van der Waals surface area (Å²) in [5, 5.41) is 3.05. The summed E-state index contributed by atoms with van der Waals surface area (Å²) < 4.78 is 5.73. The topological polar surface area (TPSA) is 41.6 Å². The SMILES string of the molecule is CNc1ccc(C(=O)N2CC(Cc3ccccc3)(OC)C2)cc1. The standard InChI is InChI=1S/C19H22N2O2/c1-20-17-10-8-16(9-11-17)18(22)21-13-19(14-21,23-2)12-15-6-4-3-5-7-15/h3-11,20H,12-14H2,1-2H3. The van der Waals surface area contributed by atoms with Gasteiger partial charge in [0.25, 0.3) is 5.91 Å². The van der Waals surface area contributed by atoms with Crippen molar-refractivity contribution in [2.45, 2.75) is 12.0 Å². The van der Waals surface area contributed by atoms with Crippen LogP contribution in [0.25, 0.3) is 0 Å². The van der Waals surface area contributed by atoms with Crippen LogP contribution in [0.3, 0.4) is 0 Å². The molecule has 0 aliphatic carbocycles. The molecule has 1 amide bonds. The Kier molecular flexibility index (Phi) is 4.35. The number of likely N-dealkylation sites (tertiary alicyclic amines) is 1. The highest BCUT2D eigenvalue weighted by molar-refractivity contribution is 5.95. The Morgan fingerprint density at radius 3 is 2.35 bits per heavy atom. The molecule has 23 heavy (non-hydrogen) atoms. The van der Waals surface area contributed by atoms with E-state index >= 15 is 0 Å². The number of anilines is 1. The first kappa shape index (κ1) is 15.6. The molecule has 0 atom stereocenters. The Morgan fingerprint density at radius 2 is 1.78 bits per heavy atom. The van der Waals surface area contributed by atoms with Gasteiger partial charge in [0.1, 0.15) is 5.60 Å². The van der Waals surface area contributed by atoms with Crippen LogP contribution in [0.15, 0.2) is 54.6 Å². The molecule has 0 radical (unpaired) electrons. The molecule has 1 fully saturated rings. The lowest BCUT2D eigenvalue weighted by atomic mass is 9.86. The van der Waals surface area contributed by atoms with E-state index in [9.17, 15) is 4.79 Å². The van der Waals surface area contributed by atoms with E-state index in [4.69, 9.17) is 4.74 Å². The maximum atomic E-state index is 12.5. The lowest BCUT2D eigenvalue weighted by Gasteiger charge is -2.49. The van der Waals surface area contributed by atoms with Gasteiger partial charge in [0.05, 0.1) is 13.1 Å². The molecule has 0 saturated carbocycles. The van der Waals surface area contributed by atoms with Crippen LogP contribution in [0.5, 0.6) is 0 Å². The number of methoxy groups -OCH3 is 1. The molecule has 1 heterocycles. The van der Waals surface area contributed by atoms with Crippen molar-refractivity contribution in [3.63, 3.8) is 0 Å². The molecule has 1 aliphatic heterocycles. The van der Waals surface area contributed by atoms with Gasteiger partial charge in [0.15, 0.2) is 0 Å². The van der Waals surface area contributed by atoms with E-state index in [0.29, 0.717) is 18.7 Å². The second kappa shape index (κ2) is 6.42. The monoisotopic (exact) mass is 310 g/mol. The quantitative estimate of drug-likeness (QED) is 0.923. The summed E-state index contributed by atoms with van der Waals surface area (Å²) in [5.41, 5.74) is 2.69. The van der Waals surface area contributed by atoms with Crippen LogP contribution < -0.4 is 5.32 Å². The Bertz CT molecular complexity index is 662. The number of hydrogen-bond donors (Lipinski definition) is 1. The molecule has 0 aromatic heterocycles. The predicted molar refractivity (Wildman–Crippen MR) is 91.8 cm³/mol. The molecule has 0 unspecified atom stereocenters. The highest BCUT2D eigenvalue weighted by Gasteiger charge is 2.45. The van der Waals surface area contributed by atoms with Crippen molar-refractivity contribution in [2.75, 3.05) is 32.6 Å². The fraction of sp³-hybridized carbons (Fsp3) is 0.316. The summed E-state index contributed by atoms with van der Waals surface area (Å²) in [7, 11) is 3.59. The number of amides is 1. The number of hydrogen-bond acceptors (Lipinski definition) is 3. The first-order chi connectivity index (χ1) is 11.2. The van der Waals surface area contributed by atoms with Crippen molar-refractivity contribution in [1.29, 1.82) is 0 Å². The van der Waals surface area contributed by atoms with E-state index in [1.54, 1.807) is 7.11 Å². The van der Waals surface area contributed by atoms with E-state index in [2.05, 4.69) is 17.4 Å². The molecule has 0 bridgehead atoms. The molecule has 4 nitrogen and oxygen atoms in total. The summed E-state index contributed by atoms with van der Waals surface area (Å²) in [6, 6.07) is 17.8. The van der Waals surface area contributed by atoms with Gasteiger partial charge in [0, 0.05) is 31.8 Å². The van der Waals surface area contributed by atoms with Crippen LogP contribution in [0.2, 0.25) is 0 Å². The highest BCUT2D eigenvalue weighted by Crippen LogP contribution is 2.30. The molecular weight excluding hydrogens is 288 g/mol. The normalized spacial score (nSPS) is 15.8. The van der Waals surface area contributed by atoms with Gasteiger partial charge in [-0.05, 0) is 29.8 Å². The maximum absolute atomic E-state index is 12.5. The molecule has 1 saturated heterocycles. The molecule has 1 aliphatic rings. The van der Waals surface area contributed by atoms with Crippen LogP contribution in [0.4, 0.5) is 5.69 Å². The van der Waals surface area contributed by atoms with Crippen molar-refractivity contribution < 1.29 is 9.53 Å². The summed E-state index contributed by atoms with van der Waals surface area (Å²) in [6.45, 7) is 1.26. The van der Waals surface area contributed by atoms with Crippen LogP contribution in [-0.2, 0) is 11.2 Å². The minimum absolute atomic E-state index is 0.0633. The Hall–Kier alpha value is -2.33. The van der Waals surface area contributed by atoms with Gasteiger partial charge in [-0.2, -0.15) is 0 Å². The minimum atomic E-state index is -0.262. The number of carbonyl (C=O) groups excluding carboxylic acids is 1. The Balaban J connectivity index is 1.64. The van der Waals surface area contributed by atoms with Crippen molar-refractivity contribution in [2.24, 2.45) is 0 Å². The van der Waals surface area contributed by atoms with E-state index in [-0.39, 0.29) is 11.5 Å². The van der Waals surface area contributed by atoms with E-state index < -0.39 is 0 Å². The van der Waals surface area contributed by atoms with Crippen molar-refractivity contribution in [1.82, 2.24) is 4.90 Å². The van der Waals surface area contributed by atoms with Crippen LogP contribution in [-0.4, -0.2) is 43.7 Å². The first-order valence-electron chi connectivity index (χ1n) is 7.82. The summed E-state index contributed by atoms with van der Waals surface area (Å²) in [6.07, 6.45) is 0.826. The number of carbonyl (C=O) groups is 1. The van der Waals surface area contributed by atoms with E-state index in [1.165, 1.54) is 5.56 Å². The van der Waals surface area contributed by atoms with Crippen molar-refractivity contribution in [3.05, 3.63) is 65.7 Å². The van der Waals surface area contributed by atoms with E-state index in [1.807, 2.05) is 54.4 Å². The van der Waals surface area contributed by atoms with Gasteiger partial charge in [-0.15, -0.1) is 0 Å². The zero-order chi connectivity index (χ0) is 16.3. The predicted octanol–water partition coefficient (Wildman–Crippen LogP) is 2.81. The highest BCUT2D eigenvalue weighted by atomic mass is 16.5. The zero-order valence-electron chi connectivity index (χ0n) is 13.6. The Labute approximate surface area is 137 Å². The summed E-state index contributed by atoms with van der Waals surface area (Å²) in [5.74, 6) is 0.0633. The second-order valence-electron chi connectivity index (χ2n) is 6.04. The van der Waals surface area contributed by atoms with Crippen LogP contribution in [0.1, 0.15) is 15.9 Å². The van der Waals surface area contributed by atoms with Gasteiger partial charge in [-0.3, -0.25) is 4.79 Å². The van der Waals surface area contributed by atoms with Gasteiger partial charge in [0.2, 0.25) is 0 Å². The fourth-order valence-corrected chi connectivity index (χ4v) is 3.04. The Morgan fingerprint density at radius 1 is 1.13 bits per heavy atom. The molecule has 0 spiro atoms. The fourth-order valence-electron chi connectivity index (χ4n) is 3.04. The minimum Gasteiger partial charge on any atom is -0.388 e. The number of nitrogens with zero attached hydrogens (tertiary/aromatic N) is 1. The lowest BCUT2D eigenvalue weighted by Crippen LogP contribution is -2.65. The molecular formula is C19H22N2O2. The zero-order valence-corrected chi connectivity index (χ0v) is 13.6. The van der Waals surface area contributed by atoms with Gasteiger partial charge < -0.3 is 15.0 Å². The third kappa shape index (κ3) is 3.22. The number of ether oxygens (including phenoxy) is 1. The molecule has 4 heteroatoms. The van der Waals surface area contributed by atoms with Crippen molar-refractivity contribution >= 4 is 11.6 Å². The van der Waals surface area contributed by atoms with Gasteiger partial charge in [-0.1, -0.05) is 30.3 Å². The van der Waals surface area contributed by atoms with E-state index in [0.717, 1.165) is 12.1 Å². The average Bonchev–Trinajstić information content (AvgIpc) is 2.58. The molecule has 3 rings (SSSR count). The second-order valence-corrected chi connectivity index (χ2v) is 6.04. The molecule has 2 aromatic carbocycles. The van der Waals surface area contributed by atoms with Gasteiger partial charge >= 0.3 is 0 Å². The number of nitrogens with one attached hydrogen (secondary N) is 1. The lowest BCUT2D eigenvalue weighted by molar-refractivity contribution is -0.107. The smallest absolute Gasteiger partial charge is 0.254 e. The third-order valence-corrected chi connectivity index (χ3v) is 4.47. The summed E-state index contributed by atoms with van der Waals surface area (Å²) >= 11 is 0. The average molecular weight is 310 g/mol. The van der Waals surface area contributed by atoms with Crippen LogP contribution >= 0.6 is 0 Å². The molecule has 120 valence electrons. The number of benzene rings is 2. The number of rotatable bonds is 5. The van der Waals surface area contributed by atoms with Crippen molar-refractivity contribution in [3.8, 4) is 0 Å². The first-order valence-corrected chi connectivity index (χ1v) is 7.82. The largest absolute Gasteiger partial charge is 0.388 e. The summed E-state index contributed by atoms with van der Waals surface area (Å²) in [4.78, 5) is 14.4. The molecule has 2 aromatic rings. The third-order valence-electron chi connectivity index (χ3n) is 4.47. The van der Waals surface area contributed by atoms with Crippen LogP contribution in [0, 0.1) is 0 Å².